The number of nitrogens with zero attached hydrogens (tertiary/aromatic N) is 1. The van der Waals surface area contributed by atoms with Crippen LogP contribution in [0.15, 0.2) is 77.7 Å². The number of aromatic nitrogens is 2. The lowest BCUT2D eigenvalue weighted by Gasteiger charge is -2.09. The van der Waals surface area contributed by atoms with E-state index < -0.39 is 0 Å². The zero-order valence-corrected chi connectivity index (χ0v) is 16.9. The van der Waals surface area contributed by atoms with Crippen LogP contribution >= 0.6 is 11.8 Å². The van der Waals surface area contributed by atoms with Crippen molar-refractivity contribution in [1.82, 2.24) is 9.97 Å². The van der Waals surface area contributed by atoms with Crippen LogP contribution in [0.4, 0.5) is 16.2 Å². The zero-order valence-electron chi connectivity index (χ0n) is 16.1. The second-order valence-electron chi connectivity index (χ2n) is 6.71. The van der Waals surface area contributed by atoms with Crippen molar-refractivity contribution in [3.05, 3.63) is 84.2 Å². The Balaban J connectivity index is 1.31. The highest BCUT2D eigenvalue weighted by Gasteiger charge is 2.05. The molecule has 0 aliphatic rings. The molecule has 3 N–H and O–H groups in total. The Labute approximate surface area is 174 Å². The Kier molecular flexibility index (Phi) is 5.81. The van der Waals surface area contributed by atoms with Crippen molar-refractivity contribution in [1.29, 1.82) is 0 Å². The number of thioether (sulfide) groups is 1. The van der Waals surface area contributed by atoms with Gasteiger partial charge in [0, 0.05) is 22.7 Å². The molecule has 146 valence electrons. The van der Waals surface area contributed by atoms with Crippen LogP contribution in [0.5, 0.6) is 0 Å². The van der Waals surface area contributed by atoms with Gasteiger partial charge in [0.25, 0.3) is 0 Å². The first-order valence-electron chi connectivity index (χ1n) is 9.44. The molecule has 1 aromatic heterocycles. The largest absolute Gasteiger partial charge is 0.342 e. The minimum absolute atomic E-state index is 0.252. The molecule has 0 fully saturated rings. The highest BCUT2D eigenvalue weighted by atomic mass is 32.2. The van der Waals surface area contributed by atoms with Gasteiger partial charge in [-0.2, -0.15) is 0 Å². The van der Waals surface area contributed by atoms with E-state index in [0.29, 0.717) is 0 Å². The summed E-state index contributed by atoms with van der Waals surface area (Å²) in [6.07, 6.45) is 3.73. The summed E-state index contributed by atoms with van der Waals surface area (Å²) in [5.74, 6) is 0.986. The average Bonchev–Trinajstić information content (AvgIpc) is 3.16. The summed E-state index contributed by atoms with van der Waals surface area (Å²) >= 11 is 1.64. The lowest BCUT2D eigenvalue weighted by atomic mass is 10.1. The predicted octanol–water partition coefficient (Wildman–Crippen LogP) is 5.71. The van der Waals surface area contributed by atoms with Crippen molar-refractivity contribution in [2.45, 2.75) is 17.7 Å². The first kappa shape index (κ1) is 19.1. The van der Waals surface area contributed by atoms with Crippen molar-refractivity contribution in [2.75, 3.05) is 16.9 Å². The Hall–Kier alpha value is -3.25. The van der Waals surface area contributed by atoms with Gasteiger partial charge < -0.3 is 15.6 Å². The molecule has 0 atom stereocenters. The summed E-state index contributed by atoms with van der Waals surface area (Å²) in [6.45, 7) is 0. The van der Waals surface area contributed by atoms with E-state index in [1.165, 1.54) is 5.56 Å². The number of hydrogen-bond donors (Lipinski definition) is 3. The zero-order chi connectivity index (χ0) is 20.1. The predicted molar refractivity (Wildman–Crippen MR) is 121 cm³/mol. The second-order valence-corrected chi connectivity index (χ2v) is 7.59. The minimum Gasteiger partial charge on any atom is -0.342 e. The number of hydrogen-bond acceptors (Lipinski definition) is 3. The van der Waals surface area contributed by atoms with E-state index in [0.717, 1.165) is 46.0 Å². The number of aryl methyl sites for hydroxylation is 2. The molecular formula is C23H22N4OS. The number of benzene rings is 3. The number of carbonyl (C=O) groups is 1. The van der Waals surface area contributed by atoms with Gasteiger partial charge in [0.1, 0.15) is 5.82 Å². The summed E-state index contributed by atoms with van der Waals surface area (Å²) in [5.41, 5.74) is 4.80. The summed E-state index contributed by atoms with van der Waals surface area (Å²) in [5, 5.41) is 5.73. The topological polar surface area (TPSA) is 69.8 Å². The maximum absolute atomic E-state index is 12.2. The number of aromatic amines is 1. The van der Waals surface area contributed by atoms with Crippen LogP contribution in [-0.4, -0.2) is 22.3 Å². The van der Waals surface area contributed by atoms with Gasteiger partial charge in [0.05, 0.1) is 11.0 Å². The van der Waals surface area contributed by atoms with Crippen LogP contribution in [0.2, 0.25) is 0 Å². The fraction of sp³-hybridized carbons (Fsp3) is 0.130. The monoisotopic (exact) mass is 402 g/mol. The van der Waals surface area contributed by atoms with Gasteiger partial charge in [0.2, 0.25) is 0 Å². The number of nitrogens with one attached hydrogen (secondary N) is 3. The van der Waals surface area contributed by atoms with E-state index in [2.05, 4.69) is 20.6 Å². The van der Waals surface area contributed by atoms with Crippen molar-refractivity contribution >= 4 is 40.2 Å². The molecule has 0 aliphatic heterocycles. The van der Waals surface area contributed by atoms with E-state index in [1.54, 1.807) is 11.8 Å². The van der Waals surface area contributed by atoms with Crippen molar-refractivity contribution < 1.29 is 4.79 Å². The standard InChI is InChI=1S/C23H22N4OS/c1-29-19-6-4-5-18(15-19)25-23(28)24-17-12-9-16(10-13-17)11-14-22-26-20-7-2-3-8-21(20)27-22/h2-10,12-13,15H,11,14H2,1H3,(H,26,27)(H2,24,25,28). The SMILES string of the molecule is CSc1cccc(NC(=O)Nc2ccc(CCc3nc4ccccc4[nH]3)cc2)c1. The Morgan fingerprint density at radius 1 is 0.931 bits per heavy atom. The van der Waals surface area contributed by atoms with Crippen LogP contribution in [0.25, 0.3) is 11.0 Å². The van der Waals surface area contributed by atoms with Crippen LogP contribution in [-0.2, 0) is 12.8 Å². The third-order valence-corrected chi connectivity index (χ3v) is 5.35. The summed E-state index contributed by atoms with van der Waals surface area (Å²) < 4.78 is 0. The molecule has 6 heteroatoms. The van der Waals surface area contributed by atoms with Gasteiger partial charge in [0.15, 0.2) is 0 Å². The lowest BCUT2D eigenvalue weighted by Crippen LogP contribution is -2.19. The van der Waals surface area contributed by atoms with Gasteiger partial charge >= 0.3 is 6.03 Å². The Morgan fingerprint density at radius 3 is 2.52 bits per heavy atom. The molecule has 4 rings (SSSR count). The quantitative estimate of drug-likeness (QED) is 0.362. The van der Waals surface area contributed by atoms with Gasteiger partial charge in [-0.3, -0.25) is 0 Å². The molecule has 0 saturated carbocycles. The Bertz CT molecular complexity index is 1090. The molecule has 4 aromatic rings. The first-order chi connectivity index (χ1) is 14.2. The van der Waals surface area contributed by atoms with Gasteiger partial charge in [-0.15, -0.1) is 11.8 Å². The minimum atomic E-state index is -0.252. The van der Waals surface area contributed by atoms with Gasteiger partial charge in [-0.1, -0.05) is 30.3 Å². The van der Waals surface area contributed by atoms with Crippen molar-refractivity contribution in [2.24, 2.45) is 0 Å². The van der Waals surface area contributed by atoms with Gasteiger partial charge in [-0.25, -0.2) is 9.78 Å². The number of urea groups is 1. The summed E-state index contributed by atoms with van der Waals surface area (Å²) in [6, 6.07) is 23.5. The van der Waals surface area contributed by atoms with E-state index in [1.807, 2.05) is 79.1 Å². The van der Waals surface area contributed by atoms with E-state index >= 15 is 0 Å². The highest BCUT2D eigenvalue weighted by Crippen LogP contribution is 2.19. The number of H-pyrrole nitrogens is 1. The fourth-order valence-electron chi connectivity index (χ4n) is 3.14. The lowest BCUT2D eigenvalue weighted by molar-refractivity contribution is 0.262. The van der Waals surface area contributed by atoms with Crippen molar-refractivity contribution in [3.63, 3.8) is 0 Å². The van der Waals surface area contributed by atoms with Crippen LogP contribution < -0.4 is 10.6 Å². The number of imidazole rings is 1. The molecule has 0 unspecified atom stereocenters. The number of amides is 2. The van der Waals surface area contributed by atoms with E-state index in [-0.39, 0.29) is 6.03 Å². The maximum atomic E-state index is 12.2. The molecule has 1 heterocycles. The first-order valence-corrected chi connectivity index (χ1v) is 10.7. The molecule has 2 amide bonds. The van der Waals surface area contributed by atoms with Crippen LogP contribution in [0.3, 0.4) is 0 Å². The van der Waals surface area contributed by atoms with Crippen LogP contribution in [0.1, 0.15) is 11.4 Å². The van der Waals surface area contributed by atoms with E-state index in [4.69, 9.17) is 0 Å². The molecule has 3 aromatic carbocycles. The van der Waals surface area contributed by atoms with Crippen molar-refractivity contribution in [3.8, 4) is 0 Å². The number of carbonyl (C=O) groups excluding carboxylic acids is 1. The maximum Gasteiger partial charge on any atom is 0.323 e. The smallest absolute Gasteiger partial charge is 0.323 e. The molecular weight excluding hydrogens is 380 g/mol. The van der Waals surface area contributed by atoms with Gasteiger partial charge in [-0.05, 0) is 60.7 Å². The van der Waals surface area contributed by atoms with Crippen LogP contribution in [0, 0.1) is 0 Å². The second kappa shape index (κ2) is 8.84. The molecule has 0 spiro atoms. The summed E-state index contributed by atoms with van der Waals surface area (Å²) in [4.78, 5) is 21.3. The number of anilines is 2. The third kappa shape index (κ3) is 4.97. The Morgan fingerprint density at radius 2 is 1.72 bits per heavy atom. The normalized spacial score (nSPS) is 10.8. The number of para-hydroxylation sites is 2. The summed E-state index contributed by atoms with van der Waals surface area (Å²) in [7, 11) is 0. The van der Waals surface area contributed by atoms with E-state index in [9.17, 15) is 4.79 Å². The highest BCUT2D eigenvalue weighted by molar-refractivity contribution is 7.98. The number of rotatable bonds is 6. The number of fused-ring (bicyclic) bond motifs is 1. The molecule has 0 radical (unpaired) electrons. The molecule has 5 nitrogen and oxygen atoms in total. The molecule has 0 bridgehead atoms. The average molecular weight is 403 g/mol. The molecule has 29 heavy (non-hydrogen) atoms. The third-order valence-electron chi connectivity index (χ3n) is 4.63. The molecule has 0 aliphatic carbocycles. The molecule has 0 saturated heterocycles. The fourth-order valence-corrected chi connectivity index (χ4v) is 3.60.